The average molecular weight is 656 g/mol. The first-order chi connectivity index (χ1) is 19.3. The molecule has 3 heterocycles. The van der Waals surface area contributed by atoms with Crippen LogP contribution in [0.1, 0.15) is 86.0 Å². The van der Waals surface area contributed by atoms with Gasteiger partial charge in [-0.25, -0.2) is 0 Å². The predicted octanol–water partition coefficient (Wildman–Crippen LogP) is 5.74. The van der Waals surface area contributed by atoms with Gasteiger partial charge in [0.2, 0.25) is 11.8 Å². The number of aliphatic hydroxyl groups is 1. The molecule has 0 aromatic rings. The fraction of sp³-hybridized carbons (Fsp3) is 0.781. The Morgan fingerprint density at radius 1 is 1.15 bits per heavy atom. The molecule has 0 aromatic heterocycles. The smallest absolute Gasteiger partial charge is 0.310 e. The van der Waals surface area contributed by atoms with Gasteiger partial charge < -0.3 is 19.6 Å². The van der Waals surface area contributed by atoms with Crippen LogP contribution in [0.2, 0.25) is 0 Å². The van der Waals surface area contributed by atoms with E-state index >= 15 is 0 Å². The number of carbonyl (C=O) groups is 3. The van der Waals surface area contributed by atoms with E-state index in [1.807, 2.05) is 11.0 Å². The summed E-state index contributed by atoms with van der Waals surface area (Å²) in [5, 5.41) is 9.19. The summed E-state index contributed by atoms with van der Waals surface area (Å²) >= 11 is 5.49. The van der Waals surface area contributed by atoms with Gasteiger partial charge in [0.25, 0.3) is 0 Å². The standard InChI is InChI=1S/C32H51BrN2O5S/c1-8-10-11-15-19-40-29(39)23-24-27(37)34(17-13-12-14-18-36)26(32(24)20-22(33)25(23)41-32)28(38)35(16-9-2)31(6,7)21-30(3,4)5/h8-9,22-26,36H,1-2,10-21H2,3-7H3/t22?,23-,24+,25-,26?,32?/m1/s1. The van der Waals surface area contributed by atoms with Gasteiger partial charge in [0.05, 0.1) is 23.2 Å². The van der Waals surface area contributed by atoms with Crippen molar-refractivity contribution in [2.24, 2.45) is 17.3 Å². The number of rotatable bonds is 16. The van der Waals surface area contributed by atoms with Crippen LogP contribution in [0, 0.1) is 17.3 Å². The van der Waals surface area contributed by atoms with Crippen molar-refractivity contribution in [2.45, 2.75) is 112 Å². The number of likely N-dealkylation sites (tertiary alicyclic amines) is 1. The van der Waals surface area contributed by atoms with Crippen LogP contribution in [0.3, 0.4) is 0 Å². The maximum Gasteiger partial charge on any atom is 0.310 e. The number of thioether (sulfide) groups is 1. The normalized spacial score (nSPS) is 29.0. The first-order valence-electron chi connectivity index (χ1n) is 15.2. The molecule has 3 aliphatic rings. The number of amides is 2. The second kappa shape index (κ2) is 14.0. The summed E-state index contributed by atoms with van der Waals surface area (Å²) in [4.78, 5) is 46.3. The Balaban J connectivity index is 1.98. The van der Waals surface area contributed by atoms with Crippen LogP contribution in [0.4, 0.5) is 0 Å². The van der Waals surface area contributed by atoms with Crippen molar-refractivity contribution in [3.8, 4) is 0 Å². The number of ether oxygens (including phenoxy) is 1. The summed E-state index contributed by atoms with van der Waals surface area (Å²) in [6.45, 7) is 19.6. The van der Waals surface area contributed by atoms with E-state index in [9.17, 15) is 19.5 Å². The van der Waals surface area contributed by atoms with Gasteiger partial charge in [-0.05, 0) is 70.6 Å². The highest BCUT2D eigenvalue weighted by Crippen LogP contribution is 2.68. The lowest BCUT2D eigenvalue weighted by atomic mass is 9.70. The van der Waals surface area contributed by atoms with Crippen molar-refractivity contribution in [1.29, 1.82) is 0 Å². The minimum absolute atomic E-state index is 0.00921. The molecule has 0 saturated carbocycles. The Labute approximate surface area is 260 Å². The molecule has 7 nitrogen and oxygen atoms in total. The second-order valence-electron chi connectivity index (χ2n) is 13.7. The molecular formula is C32H51BrN2O5S. The molecule has 1 spiro atoms. The topological polar surface area (TPSA) is 87.2 Å². The van der Waals surface area contributed by atoms with Gasteiger partial charge in [0.15, 0.2) is 0 Å². The van der Waals surface area contributed by atoms with E-state index in [0.717, 1.165) is 32.1 Å². The molecule has 0 radical (unpaired) electrons. The number of nitrogens with zero attached hydrogens (tertiary/aromatic N) is 2. The molecule has 3 rings (SSSR count). The van der Waals surface area contributed by atoms with Gasteiger partial charge in [0, 0.05) is 35.3 Å². The fourth-order valence-corrected chi connectivity index (χ4v) is 11.0. The summed E-state index contributed by atoms with van der Waals surface area (Å²) in [6, 6.07) is -0.672. The van der Waals surface area contributed by atoms with Crippen LogP contribution in [0.25, 0.3) is 0 Å². The Bertz CT molecular complexity index is 982. The van der Waals surface area contributed by atoms with Crippen molar-refractivity contribution < 1.29 is 24.2 Å². The minimum atomic E-state index is -0.701. The van der Waals surface area contributed by atoms with Crippen LogP contribution >= 0.6 is 27.7 Å². The number of halogens is 1. The lowest BCUT2D eigenvalue weighted by Gasteiger charge is -2.46. The number of allylic oxidation sites excluding steroid dienone is 1. The van der Waals surface area contributed by atoms with Crippen molar-refractivity contribution in [3.63, 3.8) is 0 Å². The zero-order valence-corrected chi connectivity index (χ0v) is 28.1. The summed E-state index contributed by atoms with van der Waals surface area (Å²) in [5.74, 6) is -1.67. The molecule has 232 valence electrons. The Hall–Kier alpha value is -1.32. The van der Waals surface area contributed by atoms with Crippen LogP contribution in [0.15, 0.2) is 25.3 Å². The number of esters is 1. The number of hydrogen-bond acceptors (Lipinski definition) is 6. The number of unbranched alkanes of at least 4 members (excludes halogenated alkanes) is 4. The molecule has 3 fully saturated rings. The maximum absolute atomic E-state index is 14.8. The molecule has 3 saturated heterocycles. The third kappa shape index (κ3) is 7.26. The zero-order valence-electron chi connectivity index (χ0n) is 25.7. The zero-order chi connectivity index (χ0) is 30.6. The number of fused-ring (bicyclic) bond motifs is 1. The molecule has 1 N–H and O–H groups in total. The highest BCUT2D eigenvalue weighted by molar-refractivity contribution is 9.09. The highest BCUT2D eigenvalue weighted by atomic mass is 79.9. The molecule has 0 aliphatic carbocycles. The molecule has 0 aromatic carbocycles. The average Bonchev–Trinajstić information content (AvgIpc) is 3.46. The van der Waals surface area contributed by atoms with Gasteiger partial charge in [-0.2, -0.15) is 0 Å². The summed E-state index contributed by atoms with van der Waals surface area (Å²) in [5.41, 5.74) is -0.482. The SMILES string of the molecule is C=CCCCCOC(=O)[C@H]1[C@@H]2SC3(CC2Br)C(C(=O)N(CC=C)C(C)(C)CC(C)(C)C)N(CCCCCO)C(=O)[C@H]13. The quantitative estimate of drug-likeness (QED) is 0.0988. The van der Waals surface area contributed by atoms with E-state index in [1.54, 1.807) is 22.7 Å². The first kappa shape index (κ1) is 34.2. The third-order valence-corrected chi connectivity index (χ3v) is 11.9. The van der Waals surface area contributed by atoms with Gasteiger partial charge >= 0.3 is 5.97 Å². The van der Waals surface area contributed by atoms with Gasteiger partial charge in [-0.15, -0.1) is 24.9 Å². The van der Waals surface area contributed by atoms with Crippen molar-refractivity contribution in [2.75, 3.05) is 26.3 Å². The molecule has 3 unspecified atom stereocenters. The number of hydrogen-bond donors (Lipinski definition) is 1. The predicted molar refractivity (Wildman–Crippen MR) is 170 cm³/mol. The molecule has 3 aliphatic heterocycles. The van der Waals surface area contributed by atoms with Crippen LogP contribution < -0.4 is 0 Å². The molecule has 6 atom stereocenters. The Morgan fingerprint density at radius 3 is 2.46 bits per heavy atom. The summed E-state index contributed by atoms with van der Waals surface area (Å²) in [7, 11) is 0. The Morgan fingerprint density at radius 2 is 1.85 bits per heavy atom. The van der Waals surface area contributed by atoms with E-state index in [2.05, 4.69) is 63.7 Å². The van der Waals surface area contributed by atoms with Crippen molar-refractivity contribution in [1.82, 2.24) is 9.80 Å². The molecule has 41 heavy (non-hydrogen) atoms. The van der Waals surface area contributed by atoms with E-state index in [1.165, 1.54) is 0 Å². The Kier molecular flexibility index (Phi) is 11.7. The van der Waals surface area contributed by atoms with Crippen molar-refractivity contribution >= 4 is 45.5 Å². The van der Waals surface area contributed by atoms with Crippen LogP contribution in [-0.4, -0.2) is 85.4 Å². The second-order valence-corrected chi connectivity index (χ2v) is 16.4. The van der Waals surface area contributed by atoms with Crippen LogP contribution in [0.5, 0.6) is 0 Å². The lowest BCUT2D eigenvalue weighted by Crippen LogP contribution is -2.60. The largest absolute Gasteiger partial charge is 0.465 e. The van der Waals surface area contributed by atoms with E-state index < -0.39 is 28.2 Å². The van der Waals surface area contributed by atoms with Gasteiger partial charge in [-0.1, -0.05) is 48.9 Å². The molecule has 2 bridgehead atoms. The fourth-order valence-electron chi connectivity index (χ4n) is 7.45. The molecular weight excluding hydrogens is 604 g/mol. The van der Waals surface area contributed by atoms with E-state index in [-0.39, 0.29) is 39.9 Å². The monoisotopic (exact) mass is 654 g/mol. The number of alkyl halides is 1. The third-order valence-electron chi connectivity index (χ3n) is 8.67. The van der Waals surface area contributed by atoms with Gasteiger partial charge in [0.1, 0.15) is 6.04 Å². The maximum atomic E-state index is 14.8. The first-order valence-corrected chi connectivity index (χ1v) is 17.0. The highest BCUT2D eigenvalue weighted by Gasteiger charge is 2.76. The number of carbonyl (C=O) groups excluding carboxylic acids is 3. The van der Waals surface area contributed by atoms with Gasteiger partial charge in [-0.3, -0.25) is 14.4 Å². The lowest BCUT2D eigenvalue weighted by molar-refractivity contribution is -0.154. The van der Waals surface area contributed by atoms with E-state index in [0.29, 0.717) is 39.0 Å². The molecule has 9 heteroatoms. The number of aliphatic hydroxyl groups excluding tert-OH is 1. The minimum Gasteiger partial charge on any atom is -0.465 e. The van der Waals surface area contributed by atoms with E-state index in [4.69, 9.17) is 4.74 Å². The van der Waals surface area contributed by atoms with Crippen LogP contribution in [-0.2, 0) is 19.1 Å². The summed E-state index contributed by atoms with van der Waals surface area (Å²) < 4.78 is 5.05. The van der Waals surface area contributed by atoms with Crippen molar-refractivity contribution in [3.05, 3.63) is 25.3 Å². The molecule has 2 amide bonds. The summed E-state index contributed by atoms with van der Waals surface area (Å²) in [6.07, 6.45) is 9.67.